The molecule has 0 unspecified atom stereocenters. The molecule has 0 aliphatic heterocycles. The number of hydrogen-bond donors (Lipinski definition) is 1. The average Bonchev–Trinajstić information content (AvgIpc) is 2.32. The van der Waals surface area contributed by atoms with Gasteiger partial charge in [-0.25, -0.2) is 13.8 Å². The van der Waals surface area contributed by atoms with E-state index in [1.807, 2.05) is 0 Å². The van der Waals surface area contributed by atoms with Gasteiger partial charge in [-0.05, 0) is 30.4 Å². The average molecular weight is 254 g/mol. The molecule has 0 saturated carbocycles. The summed E-state index contributed by atoms with van der Waals surface area (Å²) in [5, 5.41) is 0. The Morgan fingerprint density at radius 1 is 1.35 bits per heavy atom. The van der Waals surface area contributed by atoms with Gasteiger partial charge in [-0.2, -0.15) is 0 Å². The molecule has 0 fully saturated rings. The van der Waals surface area contributed by atoms with Gasteiger partial charge in [0.05, 0.1) is 19.0 Å². The van der Waals surface area contributed by atoms with Crippen molar-refractivity contribution >= 4 is 12.2 Å². The topological polar surface area (TPSA) is 37.9 Å². The fraction of sp³-hybridized carbons (Fsp3) is 0.0909. The van der Waals surface area contributed by atoms with E-state index in [0.717, 1.165) is 6.20 Å². The van der Waals surface area contributed by atoms with Crippen LogP contribution in [-0.4, -0.2) is 17.1 Å². The quantitative estimate of drug-likeness (QED) is 0.837. The van der Waals surface area contributed by atoms with Crippen molar-refractivity contribution < 1.29 is 13.5 Å². The molecule has 1 aromatic carbocycles. The Morgan fingerprint density at radius 3 is 2.82 bits per heavy atom. The zero-order chi connectivity index (χ0) is 12.4. The van der Waals surface area contributed by atoms with Crippen LogP contribution in [0.1, 0.15) is 0 Å². The minimum absolute atomic E-state index is 0.0568. The molecule has 88 valence electrons. The molecule has 0 radical (unpaired) electrons. The Labute approximate surface area is 101 Å². The third-order valence-corrected chi connectivity index (χ3v) is 2.40. The monoisotopic (exact) mass is 254 g/mol. The van der Waals surface area contributed by atoms with Crippen LogP contribution in [0.4, 0.5) is 8.78 Å². The molecule has 2 rings (SSSR count). The number of halogens is 2. The van der Waals surface area contributed by atoms with Crippen LogP contribution in [0.2, 0.25) is 0 Å². The van der Waals surface area contributed by atoms with E-state index in [9.17, 15) is 8.78 Å². The van der Waals surface area contributed by atoms with E-state index in [0.29, 0.717) is 5.75 Å². The SMILES string of the molecule is COc1ccc(F)cc1-c1[nH]c(=S)ncc1F. The zero-order valence-electron chi connectivity index (χ0n) is 8.83. The van der Waals surface area contributed by atoms with Crippen molar-refractivity contribution in [1.29, 1.82) is 0 Å². The van der Waals surface area contributed by atoms with Gasteiger partial charge in [-0.3, -0.25) is 0 Å². The highest BCUT2D eigenvalue weighted by atomic mass is 32.1. The number of aromatic nitrogens is 2. The van der Waals surface area contributed by atoms with Gasteiger partial charge >= 0.3 is 0 Å². The summed E-state index contributed by atoms with van der Waals surface area (Å²) in [7, 11) is 1.42. The first-order valence-electron chi connectivity index (χ1n) is 4.70. The molecule has 6 heteroatoms. The molecule has 0 bridgehead atoms. The minimum atomic E-state index is -0.623. The lowest BCUT2D eigenvalue weighted by Gasteiger charge is -2.09. The van der Waals surface area contributed by atoms with Gasteiger partial charge in [0.25, 0.3) is 0 Å². The van der Waals surface area contributed by atoms with Crippen LogP contribution >= 0.6 is 12.2 Å². The molecular weight excluding hydrogens is 246 g/mol. The van der Waals surface area contributed by atoms with Crippen molar-refractivity contribution in [2.45, 2.75) is 0 Å². The number of methoxy groups -OCH3 is 1. The summed E-state index contributed by atoms with van der Waals surface area (Å²) in [5.41, 5.74) is 0.319. The van der Waals surface area contributed by atoms with Crippen LogP contribution in [-0.2, 0) is 0 Å². The van der Waals surface area contributed by atoms with E-state index in [-0.39, 0.29) is 16.0 Å². The van der Waals surface area contributed by atoms with Crippen molar-refractivity contribution in [2.24, 2.45) is 0 Å². The van der Waals surface area contributed by atoms with Gasteiger partial charge in [-0.15, -0.1) is 0 Å². The summed E-state index contributed by atoms with van der Waals surface area (Å²) in [6.45, 7) is 0. The number of H-pyrrole nitrogens is 1. The first-order valence-corrected chi connectivity index (χ1v) is 5.11. The van der Waals surface area contributed by atoms with Gasteiger partial charge in [0.2, 0.25) is 0 Å². The van der Waals surface area contributed by atoms with Gasteiger partial charge in [-0.1, -0.05) is 0 Å². The molecule has 2 aromatic rings. The van der Waals surface area contributed by atoms with Gasteiger partial charge in [0.1, 0.15) is 11.6 Å². The molecule has 0 saturated heterocycles. The lowest BCUT2D eigenvalue weighted by atomic mass is 10.1. The number of nitrogens with one attached hydrogen (secondary N) is 1. The highest BCUT2D eigenvalue weighted by molar-refractivity contribution is 7.71. The van der Waals surface area contributed by atoms with Crippen molar-refractivity contribution in [2.75, 3.05) is 7.11 Å². The van der Waals surface area contributed by atoms with Crippen LogP contribution < -0.4 is 4.74 Å². The molecule has 0 atom stereocenters. The fourth-order valence-corrected chi connectivity index (χ4v) is 1.61. The highest BCUT2D eigenvalue weighted by Crippen LogP contribution is 2.30. The smallest absolute Gasteiger partial charge is 0.197 e. The lowest BCUT2D eigenvalue weighted by Crippen LogP contribution is -1.96. The predicted octanol–water partition coefficient (Wildman–Crippen LogP) is 3.09. The van der Waals surface area contributed by atoms with E-state index >= 15 is 0 Å². The second-order valence-corrected chi connectivity index (χ2v) is 3.64. The summed E-state index contributed by atoms with van der Waals surface area (Å²) in [5.74, 6) is -0.763. The van der Waals surface area contributed by atoms with Crippen LogP contribution in [0, 0.1) is 16.4 Å². The molecule has 0 amide bonds. The van der Waals surface area contributed by atoms with Crippen LogP contribution in [0.5, 0.6) is 5.75 Å². The molecule has 0 aliphatic rings. The maximum absolute atomic E-state index is 13.6. The van der Waals surface area contributed by atoms with Crippen molar-refractivity contribution in [3.05, 3.63) is 40.8 Å². The number of rotatable bonds is 2. The maximum Gasteiger partial charge on any atom is 0.197 e. The van der Waals surface area contributed by atoms with Gasteiger partial charge in [0.15, 0.2) is 10.6 Å². The summed E-state index contributed by atoms with van der Waals surface area (Å²) >= 11 is 4.80. The largest absolute Gasteiger partial charge is 0.496 e. The third kappa shape index (κ3) is 2.31. The second-order valence-electron chi connectivity index (χ2n) is 3.26. The van der Waals surface area contributed by atoms with Crippen molar-refractivity contribution in [3.63, 3.8) is 0 Å². The first kappa shape index (κ1) is 11.7. The highest BCUT2D eigenvalue weighted by Gasteiger charge is 2.12. The number of ether oxygens (including phenoxy) is 1. The van der Waals surface area contributed by atoms with E-state index in [1.54, 1.807) is 0 Å². The van der Waals surface area contributed by atoms with Crippen molar-refractivity contribution in [3.8, 4) is 17.0 Å². The van der Waals surface area contributed by atoms with E-state index < -0.39 is 11.6 Å². The number of benzene rings is 1. The summed E-state index contributed by atoms with van der Waals surface area (Å²) in [4.78, 5) is 6.17. The zero-order valence-corrected chi connectivity index (χ0v) is 9.65. The molecule has 1 N–H and O–H groups in total. The number of nitrogens with zero attached hydrogens (tertiary/aromatic N) is 1. The molecule has 1 heterocycles. The Balaban J connectivity index is 2.70. The standard InChI is InChI=1S/C11H8F2N2OS/c1-16-9-3-2-6(12)4-7(9)10-8(13)5-14-11(17)15-10/h2-5H,1H3,(H,14,15,17). The minimum Gasteiger partial charge on any atom is -0.496 e. The Morgan fingerprint density at radius 2 is 2.12 bits per heavy atom. The molecular formula is C11H8F2N2OS. The van der Waals surface area contributed by atoms with E-state index in [4.69, 9.17) is 17.0 Å². The molecule has 17 heavy (non-hydrogen) atoms. The van der Waals surface area contributed by atoms with Crippen LogP contribution in [0.15, 0.2) is 24.4 Å². The maximum atomic E-state index is 13.6. The first-order chi connectivity index (χ1) is 8.11. The third-order valence-electron chi connectivity index (χ3n) is 2.20. The molecule has 1 aromatic heterocycles. The Bertz CT molecular complexity index is 613. The molecule has 3 nitrogen and oxygen atoms in total. The van der Waals surface area contributed by atoms with Gasteiger partial charge in [0, 0.05) is 5.56 Å². The summed E-state index contributed by atoms with van der Waals surface area (Å²) < 4.78 is 31.9. The van der Waals surface area contributed by atoms with E-state index in [2.05, 4.69) is 9.97 Å². The van der Waals surface area contributed by atoms with Gasteiger partial charge < -0.3 is 9.72 Å². The molecule has 0 spiro atoms. The second kappa shape index (κ2) is 4.58. The van der Waals surface area contributed by atoms with E-state index in [1.165, 1.54) is 25.3 Å². The normalized spacial score (nSPS) is 10.3. The Kier molecular flexibility index (Phi) is 3.14. The lowest BCUT2D eigenvalue weighted by molar-refractivity contribution is 0.415. The summed E-state index contributed by atoms with van der Waals surface area (Å²) in [6.07, 6.45) is 0.985. The van der Waals surface area contributed by atoms with Crippen LogP contribution in [0.25, 0.3) is 11.3 Å². The summed E-state index contributed by atoms with van der Waals surface area (Å²) in [6, 6.07) is 3.82. The van der Waals surface area contributed by atoms with Crippen molar-refractivity contribution in [1.82, 2.24) is 9.97 Å². The molecule has 0 aliphatic carbocycles. The number of hydrogen-bond acceptors (Lipinski definition) is 3. The predicted molar refractivity (Wildman–Crippen MR) is 61.3 cm³/mol. The van der Waals surface area contributed by atoms with Crippen LogP contribution in [0.3, 0.4) is 0 Å². The Hall–Kier alpha value is -1.82. The number of aromatic amines is 1. The fourth-order valence-electron chi connectivity index (χ4n) is 1.45.